The fourth-order valence-corrected chi connectivity index (χ4v) is 6.93. The molecule has 2 aromatic rings. The highest BCUT2D eigenvalue weighted by molar-refractivity contribution is 9.12. The number of carbonyl (C=O) groups is 4. The molecule has 1 aliphatic heterocycles. The maximum absolute atomic E-state index is 13.9. The molecular formula is C29H21BrN2O8. The smallest absolute Gasteiger partial charge is 0.269 e. The molecule has 3 aliphatic carbocycles. The molecule has 0 aromatic heterocycles. The zero-order valence-electron chi connectivity index (χ0n) is 21.0. The van der Waals surface area contributed by atoms with Gasteiger partial charge in [0.1, 0.15) is 11.5 Å². The first-order chi connectivity index (χ1) is 19.1. The molecule has 202 valence electrons. The summed E-state index contributed by atoms with van der Waals surface area (Å²) in [5.41, 5.74) is 1.93. The SMILES string of the molecule is COc1cc(O)ccc1[C@H]1C2=CC[C@@H]3C(=O)N(c4ccc([N+](=O)[O-])cc4)C(=O)[C@@H]3[C@@H]2CC2=C1C(=O)C=C(Br)C2=O. The standard InChI is InChI=1S/C29H21BrN2O8/c1-40-23-10-15(33)6-7-17(23)24-16-8-9-18-25(19(16)11-20-26(24)22(34)12-21(30)27(20)35)29(37)31(28(18)36)13-2-4-14(5-3-13)32(38)39/h2-8,10,12,18-19,24-25,33H,9,11H2,1H3/t18-,19+,24+,25-/m0/s1. The van der Waals surface area contributed by atoms with Crippen LogP contribution in [0, 0.1) is 27.9 Å². The van der Waals surface area contributed by atoms with Gasteiger partial charge in [-0.2, -0.15) is 0 Å². The monoisotopic (exact) mass is 604 g/mol. The van der Waals surface area contributed by atoms with Crippen LogP contribution in [0.1, 0.15) is 24.3 Å². The van der Waals surface area contributed by atoms with E-state index in [-0.39, 0.29) is 51.6 Å². The van der Waals surface area contributed by atoms with Crippen LogP contribution in [0.15, 0.2) is 75.8 Å². The molecule has 0 bridgehead atoms. The molecule has 1 N–H and O–H groups in total. The molecule has 1 heterocycles. The second kappa shape index (κ2) is 9.37. The van der Waals surface area contributed by atoms with E-state index in [1.54, 1.807) is 6.07 Å². The first-order valence-electron chi connectivity index (χ1n) is 12.5. The number of halogens is 1. The molecule has 4 atom stereocenters. The number of non-ortho nitro benzene ring substituents is 1. The van der Waals surface area contributed by atoms with Crippen molar-refractivity contribution in [1.29, 1.82) is 0 Å². The number of phenolic OH excluding ortho intramolecular Hbond substituents is 1. The van der Waals surface area contributed by atoms with Gasteiger partial charge in [0.15, 0.2) is 11.6 Å². The van der Waals surface area contributed by atoms with E-state index in [4.69, 9.17) is 4.74 Å². The number of imide groups is 1. The predicted molar refractivity (Wildman–Crippen MR) is 145 cm³/mol. The molecule has 4 aliphatic rings. The Morgan fingerprint density at radius 3 is 2.45 bits per heavy atom. The fourth-order valence-electron chi connectivity index (χ4n) is 6.48. The maximum atomic E-state index is 13.9. The van der Waals surface area contributed by atoms with E-state index in [2.05, 4.69) is 15.9 Å². The van der Waals surface area contributed by atoms with Gasteiger partial charge in [-0.25, -0.2) is 0 Å². The Hall–Kier alpha value is -4.38. The van der Waals surface area contributed by atoms with Gasteiger partial charge < -0.3 is 9.84 Å². The van der Waals surface area contributed by atoms with Crippen molar-refractivity contribution < 1.29 is 33.9 Å². The number of fused-ring (bicyclic) bond motifs is 3. The van der Waals surface area contributed by atoms with Gasteiger partial charge >= 0.3 is 0 Å². The Balaban J connectivity index is 1.47. The zero-order chi connectivity index (χ0) is 28.5. The summed E-state index contributed by atoms with van der Waals surface area (Å²) in [5, 5.41) is 21.2. The van der Waals surface area contributed by atoms with Crippen molar-refractivity contribution in [2.45, 2.75) is 18.8 Å². The highest BCUT2D eigenvalue weighted by atomic mass is 79.9. The number of amides is 2. The second-order valence-corrected chi connectivity index (χ2v) is 11.0. The summed E-state index contributed by atoms with van der Waals surface area (Å²) >= 11 is 3.20. The molecule has 40 heavy (non-hydrogen) atoms. The number of ether oxygens (including phenoxy) is 1. The number of methoxy groups -OCH3 is 1. The van der Waals surface area contributed by atoms with Gasteiger partial charge in [0.2, 0.25) is 11.8 Å². The fraction of sp³-hybridized carbons (Fsp3) is 0.241. The number of ketones is 2. The van der Waals surface area contributed by atoms with Crippen LogP contribution in [0.2, 0.25) is 0 Å². The van der Waals surface area contributed by atoms with Gasteiger partial charge in [-0.05, 0) is 52.9 Å². The Bertz CT molecular complexity index is 1640. The predicted octanol–water partition coefficient (Wildman–Crippen LogP) is 4.28. The molecule has 1 fully saturated rings. The number of hydrogen-bond acceptors (Lipinski definition) is 8. The normalized spacial score (nSPS) is 25.7. The van der Waals surface area contributed by atoms with Crippen molar-refractivity contribution in [2.24, 2.45) is 17.8 Å². The first kappa shape index (κ1) is 25.9. The topological polar surface area (TPSA) is 144 Å². The lowest BCUT2D eigenvalue weighted by molar-refractivity contribution is -0.384. The molecule has 10 nitrogen and oxygen atoms in total. The van der Waals surface area contributed by atoms with Gasteiger partial charge in [0.05, 0.1) is 34.0 Å². The number of nitrogens with zero attached hydrogens (tertiary/aromatic N) is 2. The number of rotatable bonds is 4. The first-order valence-corrected chi connectivity index (χ1v) is 13.3. The van der Waals surface area contributed by atoms with Crippen LogP contribution in [0.3, 0.4) is 0 Å². The van der Waals surface area contributed by atoms with Gasteiger partial charge in [-0.1, -0.05) is 17.7 Å². The highest BCUT2D eigenvalue weighted by Crippen LogP contribution is 2.56. The van der Waals surface area contributed by atoms with E-state index in [1.807, 2.05) is 6.08 Å². The van der Waals surface area contributed by atoms with Crippen LogP contribution in [-0.4, -0.2) is 40.5 Å². The van der Waals surface area contributed by atoms with E-state index in [1.165, 1.54) is 49.6 Å². The summed E-state index contributed by atoms with van der Waals surface area (Å²) in [6, 6.07) is 9.74. The van der Waals surface area contributed by atoms with Crippen molar-refractivity contribution >= 4 is 50.7 Å². The van der Waals surface area contributed by atoms with Crippen LogP contribution < -0.4 is 9.64 Å². The molecule has 0 spiro atoms. The Morgan fingerprint density at radius 1 is 1.05 bits per heavy atom. The van der Waals surface area contributed by atoms with E-state index in [0.717, 1.165) is 10.5 Å². The van der Waals surface area contributed by atoms with Crippen molar-refractivity contribution in [2.75, 3.05) is 12.0 Å². The number of Topliss-reactive ketones (excluding diaryl/α,β-unsaturated/α-hetero) is 1. The second-order valence-electron chi connectivity index (χ2n) is 10.1. The van der Waals surface area contributed by atoms with E-state index < -0.39 is 40.4 Å². The largest absolute Gasteiger partial charge is 0.508 e. The number of carbonyl (C=O) groups excluding carboxylic acids is 4. The number of aromatic hydroxyl groups is 1. The molecule has 0 saturated carbocycles. The van der Waals surface area contributed by atoms with E-state index in [9.17, 15) is 34.4 Å². The molecule has 0 radical (unpaired) electrons. The summed E-state index contributed by atoms with van der Waals surface area (Å²) in [4.78, 5) is 65.7. The summed E-state index contributed by atoms with van der Waals surface area (Å²) in [5.74, 6) is -4.06. The molecule has 2 amide bonds. The van der Waals surface area contributed by atoms with Crippen LogP contribution in [0.5, 0.6) is 11.5 Å². The Labute approximate surface area is 235 Å². The Morgan fingerprint density at radius 2 is 1.77 bits per heavy atom. The number of anilines is 1. The third-order valence-corrected chi connectivity index (χ3v) is 8.77. The van der Waals surface area contributed by atoms with Gasteiger partial charge in [-0.3, -0.25) is 34.2 Å². The third kappa shape index (κ3) is 3.75. The van der Waals surface area contributed by atoms with Crippen molar-refractivity contribution in [1.82, 2.24) is 0 Å². The van der Waals surface area contributed by atoms with Crippen LogP contribution >= 0.6 is 15.9 Å². The summed E-state index contributed by atoms with van der Waals surface area (Å²) in [7, 11) is 1.44. The number of hydrogen-bond donors (Lipinski definition) is 1. The van der Waals surface area contributed by atoms with Crippen LogP contribution in [-0.2, 0) is 19.2 Å². The molecule has 6 rings (SSSR count). The average molecular weight is 605 g/mol. The van der Waals surface area contributed by atoms with Gasteiger partial charge in [0.25, 0.3) is 5.69 Å². The minimum atomic E-state index is -0.796. The van der Waals surface area contributed by atoms with Crippen molar-refractivity contribution in [3.05, 3.63) is 91.5 Å². The highest BCUT2D eigenvalue weighted by Gasteiger charge is 2.57. The van der Waals surface area contributed by atoms with Crippen molar-refractivity contribution in [3.8, 4) is 11.5 Å². The minimum Gasteiger partial charge on any atom is -0.508 e. The quantitative estimate of drug-likeness (QED) is 0.179. The molecule has 11 heteroatoms. The molecular weight excluding hydrogens is 584 g/mol. The molecule has 2 aromatic carbocycles. The number of nitro groups is 1. The zero-order valence-corrected chi connectivity index (χ0v) is 22.6. The molecule has 1 saturated heterocycles. The van der Waals surface area contributed by atoms with E-state index >= 15 is 0 Å². The van der Waals surface area contributed by atoms with Gasteiger partial charge in [0, 0.05) is 46.9 Å². The third-order valence-electron chi connectivity index (χ3n) is 8.18. The lowest BCUT2D eigenvalue weighted by Gasteiger charge is -2.42. The number of nitro benzene ring substituents is 1. The average Bonchev–Trinajstić information content (AvgIpc) is 3.20. The van der Waals surface area contributed by atoms with E-state index in [0.29, 0.717) is 16.9 Å². The maximum Gasteiger partial charge on any atom is 0.269 e. The number of allylic oxidation sites excluding steroid dienone is 6. The van der Waals surface area contributed by atoms with Crippen LogP contribution in [0.4, 0.5) is 11.4 Å². The van der Waals surface area contributed by atoms with Crippen LogP contribution in [0.25, 0.3) is 0 Å². The Kier molecular flexibility index (Phi) is 6.06. The summed E-state index contributed by atoms with van der Waals surface area (Å²) in [6.07, 6.45) is 3.46. The summed E-state index contributed by atoms with van der Waals surface area (Å²) < 4.78 is 5.66. The number of phenols is 1. The lowest BCUT2D eigenvalue weighted by atomic mass is 9.59. The van der Waals surface area contributed by atoms with Crippen molar-refractivity contribution in [3.63, 3.8) is 0 Å². The lowest BCUT2D eigenvalue weighted by Crippen LogP contribution is -2.39. The van der Waals surface area contributed by atoms with Gasteiger partial charge in [-0.15, -0.1) is 0 Å². The summed E-state index contributed by atoms with van der Waals surface area (Å²) in [6.45, 7) is 0. The molecule has 0 unspecified atom stereocenters. The number of benzene rings is 2. The minimum absolute atomic E-state index is 0.0381.